The van der Waals surface area contributed by atoms with E-state index in [0.717, 1.165) is 57.3 Å². The molecule has 1 saturated carbocycles. The quantitative estimate of drug-likeness (QED) is 0.902. The third-order valence-corrected chi connectivity index (χ3v) is 6.15. The van der Waals surface area contributed by atoms with Crippen LogP contribution >= 0.6 is 0 Å². The number of nitrogens with zero attached hydrogens (tertiary/aromatic N) is 2. The first kappa shape index (κ1) is 17.3. The molecule has 4 rings (SSSR count). The molecule has 6 heteroatoms. The van der Waals surface area contributed by atoms with E-state index in [2.05, 4.69) is 10.2 Å². The molecule has 3 amide bonds. The maximum Gasteiger partial charge on any atom is 0.317 e. The van der Waals surface area contributed by atoms with Crippen LogP contribution in [0.15, 0.2) is 24.3 Å². The number of carbonyl (C=O) groups excluding carboxylic acids is 2. The Labute approximate surface area is 153 Å². The highest BCUT2D eigenvalue weighted by molar-refractivity contribution is 5.78. The van der Waals surface area contributed by atoms with Crippen LogP contribution in [0.3, 0.4) is 0 Å². The molecule has 1 spiro atoms. The van der Waals surface area contributed by atoms with Gasteiger partial charge in [-0.1, -0.05) is 12.1 Å². The standard InChI is InChI=1S/C20H26FN3O2/c21-16-3-1-15(2-4-16)13-22-19(26)23-11-9-20(10-12-23)8-7-18(25)24(14-20)17-5-6-17/h1-4,17H,5-14H2,(H,22,26). The van der Waals surface area contributed by atoms with Gasteiger partial charge in [0.25, 0.3) is 0 Å². The third-order valence-electron chi connectivity index (χ3n) is 6.15. The lowest BCUT2D eigenvalue weighted by atomic mass is 9.72. The molecule has 0 aromatic heterocycles. The zero-order chi connectivity index (χ0) is 18.1. The highest BCUT2D eigenvalue weighted by Crippen LogP contribution is 2.43. The van der Waals surface area contributed by atoms with Gasteiger partial charge in [-0.15, -0.1) is 0 Å². The Bertz CT molecular complexity index is 679. The molecule has 2 heterocycles. The number of hydrogen-bond donors (Lipinski definition) is 1. The van der Waals surface area contributed by atoms with Gasteiger partial charge in [-0.3, -0.25) is 4.79 Å². The first-order valence-corrected chi connectivity index (χ1v) is 9.61. The Hall–Kier alpha value is -2.11. The second kappa shape index (κ2) is 6.89. The van der Waals surface area contributed by atoms with Gasteiger partial charge < -0.3 is 15.1 Å². The molecule has 3 aliphatic rings. The van der Waals surface area contributed by atoms with Crippen molar-refractivity contribution < 1.29 is 14.0 Å². The first-order valence-electron chi connectivity index (χ1n) is 9.61. The van der Waals surface area contributed by atoms with Gasteiger partial charge in [0, 0.05) is 38.6 Å². The zero-order valence-electron chi connectivity index (χ0n) is 15.0. The summed E-state index contributed by atoms with van der Waals surface area (Å²) in [7, 11) is 0. The predicted octanol–water partition coefficient (Wildman–Crippen LogP) is 2.90. The van der Waals surface area contributed by atoms with Crippen LogP contribution in [0.4, 0.5) is 9.18 Å². The summed E-state index contributed by atoms with van der Waals surface area (Å²) >= 11 is 0. The summed E-state index contributed by atoms with van der Waals surface area (Å²) in [5, 5.41) is 2.92. The minimum Gasteiger partial charge on any atom is -0.339 e. The number of nitrogens with one attached hydrogen (secondary N) is 1. The van der Waals surface area contributed by atoms with Gasteiger partial charge in [0.1, 0.15) is 5.82 Å². The number of piperidine rings is 2. The van der Waals surface area contributed by atoms with Crippen molar-refractivity contribution in [2.45, 2.75) is 51.1 Å². The van der Waals surface area contributed by atoms with Crippen LogP contribution in [0, 0.1) is 11.2 Å². The van der Waals surface area contributed by atoms with Crippen LogP contribution < -0.4 is 5.32 Å². The van der Waals surface area contributed by atoms with E-state index in [0.29, 0.717) is 24.9 Å². The van der Waals surface area contributed by atoms with E-state index in [4.69, 9.17) is 0 Å². The number of urea groups is 1. The second-order valence-corrected chi connectivity index (χ2v) is 8.03. The summed E-state index contributed by atoms with van der Waals surface area (Å²) in [6.07, 6.45) is 5.85. The van der Waals surface area contributed by atoms with Crippen LogP contribution in [0.5, 0.6) is 0 Å². The van der Waals surface area contributed by atoms with Gasteiger partial charge in [0.05, 0.1) is 0 Å². The highest BCUT2D eigenvalue weighted by Gasteiger charge is 2.45. The van der Waals surface area contributed by atoms with E-state index >= 15 is 0 Å². The van der Waals surface area contributed by atoms with Crippen LogP contribution in [0.25, 0.3) is 0 Å². The average molecular weight is 359 g/mol. The lowest BCUT2D eigenvalue weighted by Crippen LogP contribution is -2.54. The molecule has 1 aromatic carbocycles. The summed E-state index contributed by atoms with van der Waals surface area (Å²) < 4.78 is 12.9. The highest BCUT2D eigenvalue weighted by atomic mass is 19.1. The van der Waals surface area contributed by atoms with Crippen LogP contribution in [-0.2, 0) is 11.3 Å². The zero-order valence-corrected chi connectivity index (χ0v) is 15.0. The maximum absolute atomic E-state index is 12.9. The molecule has 0 bridgehead atoms. The van der Waals surface area contributed by atoms with Gasteiger partial charge in [0.2, 0.25) is 5.91 Å². The lowest BCUT2D eigenvalue weighted by Gasteiger charge is -2.47. The van der Waals surface area contributed by atoms with Crippen LogP contribution in [0.1, 0.15) is 44.1 Å². The molecule has 140 valence electrons. The summed E-state index contributed by atoms with van der Waals surface area (Å²) in [4.78, 5) is 28.5. The molecule has 0 radical (unpaired) electrons. The van der Waals surface area contributed by atoms with Gasteiger partial charge in [-0.25, -0.2) is 9.18 Å². The fourth-order valence-electron chi connectivity index (χ4n) is 4.25. The minimum absolute atomic E-state index is 0.0601. The normalized spacial score (nSPS) is 22.6. The molecule has 0 atom stereocenters. The Morgan fingerprint density at radius 1 is 1.15 bits per heavy atom. The summed E-state index contributed by atoms with van der Waals surface area (Å²) in [5.41, 5.74) is 1.09. The maximum atomic E-state index is 12.9. The van der Waals surface area contributed by atoms with Gasteiger partial charge >= 0.3 is 6.03 Å². The Kier molecular flexibility index (Phi) is 4.59. The Morgan fingerprint density at radius 2 is 1.85 bits per heavy atom. The molecule has 1 aromatic rings. The number of carbonyl (C=O) groups is 2. The SMILES string of the molecule is O=C(NCc1ccc(F)cc1)N1CCC2(CCC(=O)N(C3CC3)C2)CC1. The number of halogens is 1. The Balaban J connectivity index is 1.28. The van der Waals surface area contributed by atoms with Crippen molar-refractivity contribution in [1.82, 2.24) is 15.1 Å². The van der Waals surface area contributed by atoms with Gasteiger partial charge in [-0.2, -0.15) is 0 Å². The Morgan fingerprint density at radius 3 is 2.50 bits per heavy atom. The summed E-state index contributed by atoms with van der Waals surface area (Å²) in [6, 6.07) is 6.61. The van der Waals surface area contributed by atoms with Crippen LogP contribution in [-0.4, -0.2) is 47.4 Å². The van der Waals surface area contributed by atoms with E-state index in [1.165, 1.54) is 12.1 Å². The topological polar surface area (TPSA) is 52.7 Å². The van der Waals surface area contributed by atoms with Gasteiger partial charge in [-0.05, 0) is 55.2 Å². The molecule has 0 unspecified atom stereocenters. The van der Waals surface area contributed by atoms with Crippen LogP contribution in [0.2, 0.25) is 0 Å². The molecule has 5 nitrogen and oxygen atoms in total. The van der Waals surface area contributed by atoms with E-state index < -0.39 is 0 Å². The molecule has 26 heavy (non-hydrogen) atoms. The lowest BCUT2D eigenvalue weighted by molar-refractivity contribution is -0.139. The van der Waals surface area contributed by atoms with E-state index in [-0.39, 0.29) is 17.3 Å². The predicted molar refractivity (Wildman–Crippen MR) is 95.8 cm³/mol. The van der Waals surface area contributed by atoms with Gasteiger partial charge in [0.15, 0.2) is 0 Å². The monoisotopic (exact) mass is 359 g/mol. The molecule has 3 fully saturated rings. The smallest absolute Gasteiger partial charge is 0.317 e. The fourth-order valence-corrected chi connectivity index (χ4v) is 4.25. The van der Waals surface area contributed by atoms with Crippen molar-refractivity contribution in [3.05, 3.63) is 35.6 Å². The minimum atomic E-state index is -0.271. The molecule has 1 aliphatic carbocycles. The van der Waals surface area contributed by atoms with Crippen molar-refractivity contribution in [1.29, 1.82) is 0 Å². The molecule has 2 aliphatic heterocycles. The summed E-state index contributed by atoms with van der Waals surface area (Å²) in [5.74, 6) is 0.0465. The van der Waals surface area contributed by atoms with Crippen molar-refractivity contribution in [2.75, 3.05) is 19.6 Å². The van der Waals surface area contributed by atoms with Crippen molar-refractivity contribution in [2.24, 2.45) is 5.41 Å². The molecular weight excluding hydrogens is 333 g/mol. The fraction of sp³-hybridized carbons (Fsp3) is 0.600. The number of likely N-dealkylation sites (tertiary alicyclic amines) is 2. The molecule has 1 N–H and O–H groups in total. The molecular formula is C20H26FN3O2. The van der Waals surface area contributed by atoms with E-state index in [1.54, 1.807) is 12.1 Å². The largest absolute Gasteiger partial charge is 0.339 e. The number of benzene rings is 1. The summed E-state index contributed by atoms with van der Waals surface area (Å²) in [6.45, 7) is 2.76. The van der Waals surface area contributed by atoms with Crippen molar-refractivity contribution in [3.8, 4) is 0 Å². The van der Waals surface area contributed by atoms with E-state index in [9.17, 15) is 14.0 Å². The van der Waals surface area contributed by atoms with Crippen molar-refractivity contribution in [3.63, 3.8) is 0 Å². The number of rotatable bonds is 3. The van der Waals surface area contributed by atoms with Crippen molar-refractivity contribution >= 4 is 11.9 Å². The third kappa shape index (κ3) is 3.69. The molecule has 2 saturated heterocycles. The first-order chi connectivity index (χ1) is 12.5. The number of amides is 3. The second-order valence-electron chi connectivity index (χ2n) is 8.03. The van der Waals surface area contributed by atoms with E-state index in [1.807, 2.05) is 4.90 Å². The number of hydrogen-bond acceptors (Lipinski definition) is 2. The average Bonchev–Trinajstić information content (AvgIpc) is 3.49.